The monoisotopic (exact) mass is 1950 g/mol. The minimum Gasteiger partial charge on any atom is -0.512 e. The average molecular weight is 1940 g/mol. The summed E-state index contributed by atoms with van der Waals surface area (Å²) in [5.74, 6) is 0.838. The van der Waals surface area contributed by atoms with Crippen molar-refractivity contribution in [3.8, 4) is 0 Å². The van der Waals surface area contributed by atoms with Gasteiger partial charge in [0.15, 0.2) is 57.9 Å². The van der Waals surface area contributed by atoms with E-state index in [0.29, 0.717) is 48.2 Å². The zero-order chi connectivity index (χ0) is 52.9. The fourth-order valence-corrected chi connectivity index (χ4v) is 5.55. The van der Waals surface area contributed by atoms with Gasteiger partial charge in [0.2, 0.25) is 0 Å². The van der Waals surface area contributed by atoms with Gasteiger partial charge in [-0.15, -0.1) is 0 Å². The number of ketones is 5. The second-order valence-corrected chi connectivity index (χ2v) is 17.4. The molecular weight excluding hydrogens is 1880 g/mol. The number of hydrogen-bond donors (Lipinski definition) is 5. The molecule has 0 saturated heterocycles. The van der Waals surface area contributed by atoms with Gasteiger partial charge >= 0.3 is 0 Å². The van der Waals surface area contributed by atoms with Crippen molar-refractivity contribution in [3.05, 3.63) is 155 Å². The Balaban J connectivity index is -0.000000269. The van der Waals surface area contributed by atoms with Crippen LogP contribution < -0.4 is 0 Å². The van der Waals surface area contributed by atoms with Gasteiger partial charge in [0.1, 0.15) is 23.2 Å². The second kappa shape index (κ2) is 43.8. The van der Waals surface area contributed by atoms with Gasteiger partial charge in [0, 0.05) is 204 Å². The molecule has 0 aliphatic heterocycles. The summed E-state index contributed by atoms with van der Waals surface area (Å²) < 4.78 is 6.36. The molecule has 0 amide bonds. The van der Waals surface area contributed by atoms with Crippen LogP contribution in [-0.4, -0.2) is 79.0 Å². The SMILES string of the molecule is CC(C)C(=O)C=C(O)Cc1ccncc1.CC(C)C(=O)C=C(O)n1cccc1.CC(C)CC(=O)C=C(O)c1ccsc1.CCC(=O)C=C(O)c1ccco1.Cc1nc(C)nc(C(O)=CC(=O)C(C)C)n1.[Ir].[Ir].[Ir].[Ir].[Ir]. The Bertz CT molecular complexity index is 2540. The summed E-state index contributed by atoms with van der Waals surface area (Å²) >= 11 is 1.50. The quantitative estimate of drug-likeness (QED) is 0.0428. The zero-order valence-corrected chi connectivity index (χ0v) is 56.2. The Morgan fingerprint density at radius 3 is 1.59 bits per heavy atom. The molecule has 5 radical (unpaired) electrons. The second-order valence-electron chi connectivity index (χ2n) is 16.6. The van der Waals surface area contributed by atoms with E-state index in [1.54, 1.807) is 117 Å². The summed E-state index contributed by atoms with van der Waals surface area (Å²) in [6, 6.07) is 12.2. The van der Waals surface area contributed by atoms with Crippen molar-refractivity contribution in [2.45, 2.75) is 95.4 Å². The van der Waals surface area contributed by atoms with Gasteiger partial charge in [-0.3, -0.25) is 33.5 Å². The molecule has 421 valence electrons. The van der Waals surface area contributed by atoms with Crippen LogP contribution in [-0.2, 0) is 131 Å². The number of hydrogen-bond acceptors (Lipinski definition) is 16. The molecular formula is C53H67Ir5N5O11S. The Morgan fingerprint density at radius 2 is 1.13 bits per heavy atom. The summed E-state index contributed by atoms with van der Waals surface area (Å²) in [6.07, 6.45) is 15.5. The first-order valence-corrected chi connectivity index (χ1v) is 23.4. The number of rotatable bonds is 17. The molecule has 0 aliphatic rings. The number of aliphatic hydroxyl groups is 5. The van der Waals surface area contributed by atoms with Crippen LogP contribution in [0.1, 0.15) is 110 Å². The number of aryl methyl sites for hydroxylation is 2. The first kappa shape index (κ1) is 79.6. The van der Waals surface area contributed by atoms with E-state index in [2.05, 4.69) is 19.9 Å². The predicted octanol–water partition coefficient (Wildman–Crippen LogP) is 11.4. The van der Waals surface area contributed by atoms with Gasteiger partial charge in [-0.25, -0.2) is 15.0 Å². The van der Waals surface area contributed by atoms with E-state index in [-0.39, 0.29) is 182 Å². The number of pyridine rings is 1. The number of furan rings is 1. The van der Waals surface area contributed by atoms with Crippen LogP contribution in [0, 0.1) is 37.5 Å². The Hall–Kier alpha value is -4.28. The van der Waals surface area contributed by atoms with Gasteiger partial charge in [-0.1, -0.05) is 62.3 Å². The molecule has 0 fully saturated rings. The third-order valence-corrected chi connectivity index (χ3v) is 9.49. The number of thiophene rings is 1. The van der Waals surface area contributed by atoms with E-state index in [1.807, 2.05) is 36.7 Å². The number of aliphatic hydroxyl groups excluding tert-OH is 5. The average Bonchev–Trinajstić information content (AvgIpc) is 4.13. The zero-order valence-electron chi connectivity index (χ0n) is 43.4. The van der Waals surface area contributed by atoms with Crippen molar-refractivity contribution in [1.29, 1.82) is 0 Å². The topological polar surface area (TPSA) is 256 Å². The van der Waals surface area contributed by atoms with Crippen molar-refractivity contribution in [3.63, 3.8) is 0 Å². The molecule has 22 heteroatoms. The standard InChI is InChI=1S/C12H15NO2.C11H15N3O2.C11H14O2S.C10H13NO2.C9H10O3.5Ir/c1-9(2)12(15)8-11(14)7-10-3-5-13-6-4-10;1-6(2)9(15)5-10(16)11-13-7(3)12-8(4)14-11;1-8(2)5-10(12)6-11(13)9-3-4-14-7-9;1-8(2)9(12)7-10(13)11-5-3-4-6-11;1-2-7(10)6-8(11)9-4-3-5-12-9;;;;;/h3-6,8-9,14H,7H2,1-2H3;5-6,16H,1-4H3;3-4,6-8,13H,5H2,1-2H3;3-8,13H,1-2H3;3-6,11H,2H2,1H3;;;;;. The number of carbonyl (C=O) groups is 5. The van der Waals surface area contributed by atoms with Crippen LogP contribution in [0.3, 0.4) is 0 Å². The van der Waals surface area contributed by atoms with Crippen molar-refractivity contribution >= 4 is 63.4 Å². The van der Waals surface area contributed by atoms with Gasteiger partial charge in [0.05, 0.1) is 6.26 Å². The molecule has 16 nitrogen and oxygen atoms in total. The number of allylic oxidation sites excluding steroid dienone is 6. The smallest absolute Gasteiger partial charge is 0.198 e. The Kier molecular flexibility index (Phi) is 46.5. The van der Waals surface area contributed by atoms with Crippen LogP contribution in [0.4, 0.5) is 0 Å². The van der Waals surface area contributed by atoms with E-state index in [0.717, 1.165) is 11.6 Å². The molecule has 5 heterocycles. The molecule has 5 rings (SSSR count). The van der Waals surface area contributed by atoms with Gasteiger partial charge < -0.3 is 29.9 Å². The van der Waals surface area contributed by atoms with Crippen molar-refractivity contribution in [2.75, 3.05) is 0 Å². The summed E-state index contributed by atoms with van der Waals surface area (Å²) in [5, 5.41) is 51.1. The van der Waals surface area contributed by atoms with Crippen molar-refractivity contribution in [2.24, 2.45) is 23.7 Å². The first-order chi connectivity index (χ1) is 32.9. The molecule has 75 heavy (non-hydrogen) atoms. The number of nitrogens with zero attached hydrogens (tertiary/aromatic N) is 5. The minimum absolute atomic E-state index is 0. The third-order valence-electron chi connectivity index (χ3n) is 8.80. The maximum atomic E-state index is 11.4. The predicted molar refractivity (Wildman–Crippen MR) is 273 cm³/mol. The van der Waals surface area contributed by atoms with E-state index < -0.39 is 0 Å². The Morgan fingerprint density at radius 1 is 0.627 bits per heavy atom. The van der Waals surface area contributed by atoms with Crippen LogP contribution in [0.5, 0.6) is 0 Å². The molecule has 0 unspecified atom stereocenters. The minimum atomic E-state index is -0.215. The molecule has 0 spiro atoms. The Labute approximate surface area is 511 Å². The summed E-state index contributed by atoms with van der Waals surface area (Å²) in [7, 11) is 0. The summed E-state index contributed by atoms with van der Waals surface area (Å²) in [4.78, 5) is 71.8. The van der Waals surface area contributed by atoms with Crippen LogP contribution in [0.2, 0.25) is 0 Å². The molecule has 0 aliphatic carbocycles. The van der Waals surface area contributed by atoms with Crippen LogP contribution in [0.25, 0.3) is 23.2 Å². The fraction of sp³-hybridized carbons (Fsp3) is 0.340. The van der Waals surface area contributed by atoms with E-state index in [1.165, 1.54) is 46.5 Å². The maximum absolute atomic E-state index is 11.4. The number of carbonyl (C=O) groups excluding carboxylic acids is 5. The number of aromatic nitrogens is 5. The van der Waals surface area contributed by atoms with Gasteiger partial charge in [-0.2, -0.15) is 11.3 Å². The van der Waals surface area contributed by atoms with Crippen LogP contribution in [0.15, 0.2) is 125 Å². The maximum Gasteiger partial charge on any atom is 0.198 e. The molecule has 5 aromatic heterocycles. The largest absolute Gasteiger partial charge is 0.512 e. The van der Waals surface area contributed by atoms with Gasteiger partial charge in [0.25, 0.3) is 0 Å². The van der Waals surface area contributed by atoms with E-state index in [4.69, 9.17) is 4.42 Å². The van der Waals surface area contributed by atoms with Gasteiger partial charge in [-0.05, 0) is 73.2 Å². The summed E-state index contributed by atoms with van der Waals surface area (Å²) in [6.45, 7) is 19.8. The van der Waals surface area contributed by atoms with E-state index >= 15 is 0 Å². The first-order valence-electron chi connectivity index (χ1n) is 22.4. The fourth-order valence-electron chi connectivity index (χ4n) is 4.90. The molecule has 0 atom stereocenters. The summed E-state index contributed by atoms with van der Waals surface area (Å²) in [5.41, 5.74) is 1.66. The molecule has 0 bridgehead atoms. The molecule has 5 N–H and O–H groups in total. The third kappa shape index (κ3) is 35.6. The molecule has 0 saturated carbocycles. The molecule has 5 aromatic rings. The van der Waals surface area contributed by atoms with Crippen molar-refractivity contribution < 1.29 is 154 Å². The van der Waals surface area contributed by atoms with E-state index in [9.17, 15) is 49.5 Å². The van der Waals surface area contributed by atoms with Crippen molar-refractivity contribution in [1.82, 2.24) is 24.5 Å². The normalized spacial score (nSPS) is 11.1. The van der Waals surface area contributed by atoms with Crippen LogP contribution >= 0.6 is 11.3 Å². The molecule has 0 aromatic carbocycles.